The monoisotopic (exact) mass is 130 g/mol. The third kappa shape index (κ3) is 4.15. The van der Waals surface area contributed by atoms with Gasteiger partial charge in [-0.25, -0.2) is 0 Å². The first kappa shape index (κ1) is 8.63. The zero-order valence-electron chi connectivity index (χ0n) is 6.05. The van der Waals surface area contributed by atoms with Gasteiger partial charge in [0.2, 0.25) is 0 Å². The molecule has 2 nitrogen and oxygen atoms in total. The third-order valence-corrected chi connectivity index (χ3v) is 1.37. The molecule has 54 valence electrons. The number of carbonyl (C=O) groups excluding carboxylic acids is 1. The second-order valence-electron chi connectivity index (χ2n) is 3.03. The van der Waals surface area contributed by atoms with Crippen LogP contribution in [0.15, 0.2) is 0 Å². The lowest BCUT2D eigenvalue weighted by molar-refractivity contribution is -0.108. The summed E-state index contributed by atoms with van der Waals surface area (Å²) >= 11 is 0. The number of aliphatic hydroxyl groups excluding tert-OH is 1. The molecular formula is C7H14O2. The average Bonchev–Trinajstić information content (AvgIpc) is 1.84. The highest BCUT2D eigenvalue weighted by molar-refractivity contribution is 5.49. The molecule has 0 amide bonds. The summed E-state index contributed by atoms with van der Waals surface area (Å²) in [5.41, 5.74) is -0.0824. The number of aliphatic hydroxyl groups is 1. The molecule has 0 aromatic heterocycles. The maximum Gasteiger partial charge on any atom is 0.120 e. The summed E-state index contributed by atoms with van der Waals surface area (Å²) in [7, 11) is 0. The van der Waals surface area contributed by atoms with Crippen LogP contribution in [0, 0.1) is 5.41 Å². The van der Waals surface area contributed by atoms with E-state index >= 15 is 0 Å². The topological polar surface area (TPSA) is 37.3 Å². The Hall–Kier alpha value is -0.370. The zero-order chi connectivity index (χ0) is 7.33. The van der Waals surface area contributed by atoms with E-state index in [9.17, 15) is 4.79 Å². The van der Waals surface area contributed by atoms with E-state index in [0.717, 1.165) is 12.7 Å². The van der Waals surface area contributed by atoms with Crippen LogP contribution in [0.5, 0.6) is 0 Å². The van der Waals surface area contributed by atoms with E-state index in [1.165, 1.54) is 0 Å². The van der Waals surface area contributed by atoms with Gasteiger partial charge in [0.15, 0.2) is 0 Å². The molecule has 0 saturated carbocycles. The zero-order valence-corrected chi connectivity index (χ0v) is 6.05. The summed E-state index contributed by atoms with van der Waals surface area (Å²) in [5.74, 6) is 0. The van der Waals surface area contributed by atoms with Crippen LogP contribution < -0.4 is 0 Å². The van der Waals surface area contributed by atoms with E-state index in [0.29, 0.717) is 6.42 Å². The number of rotatable bonds is 4. The van der Waals surface area contributed by atoms with Crippen LogP contribution >= 0.6 is 0 Å². The SMILES string of the molecule is CC(C)(CO)CCC=O. The van der Waals surface area contributed by atoms with Crippen LogP contribution in [0.1, 0.15) is 26.7 Å². The van der Waals surface area contributed by atoms with E-state index in [4.69, 9.17) is 5.11 Å². The maximum absolute atomic E-state index is 9.89. The van der Waals surface area contributed by atoms with Crippen LogP contribution in [-0.2, 0) is 4.79 Å². The van der Waals surface area contributed by atoms with Gasteiger partial charge in [-0.2, -0.15) is 0 Å². The van der Waals surface area contributed by atoms with Gasteiger partial charge in [0.25, 0.3) is 0 Å². The summed E-state index contributed by atoms with van der Waals surface area (Å²) in [6, 6.07) is 0. The fourth-order valence-corrected chi connectivity index (χ4v) is 0.529. The lowest BCUT2D eigenvalue weighted by Crippen LogP contribution is -2.16. The van der Waals surface area contributed by atoms with Crippen LogP contribution in [-0.4, -0.2) is 18.0 Å². The van der Waals surface area contributed by atoms with Crippen molar-refractivity contribution in [1.29, 1.82) is 0 Å². The summed E-state index contributed by atoms with van der Waals surface area (Å²) in [4.78, 5) is 9.89. The second kappa shape index (κ2) is 3.62. The van der Waals surface area contributed by atoms with Crippen LogP contribution in [0.3, 0.4) is 0 Å². The first-order valence-electron chi connectivity index (χ1n) is 3.17. The first-order valence-corrected chi connectivity index (χ1v) is 3.17. The van der Waals surface area contributed by atoms with Crippen molar-refractivity contribution in [3.05, 3.63) is 0 Å². The maximum atomic E-state index is 9.89. The number of aldehydes is 1. The predicted octanol–water partition coefficient (Wildman–Crippen LogP) is 0.984. The minimum atomic E-state index is -0.0824. The molecule has 0 aliphatic rings. The quantitative estimate of drug-likeness (QED) is 0.576. The molecule has 0 aliphatic carbocycles. The molecule has 0 radical (unpaired) electrons. The van der Waals surface area contributed by atoms with Crippen molar-refractivity contribution in [3.63, 3.8) is 0 Å². The third-order valence-electron chi connectivity index (χ3n) is 1.37. The Kier molecular flexibility index (Phi) is 3.47. The van der Waals surface area contributed by atoms with Gasteiger partial charge in [-0.15, -0.1) is 0 Å². The van der Waals surface area contributed by atoms with Crippen LogP contribution in [0.25, 0.3) is 0 Å². The van der Waals surface area contributed by atoms with Gasteiger partial charge in [0, 0.05) is 13.0 Å². The second-order valence-corrected chi connectivity index (χ2v) is 3.03. The molecule has 0 rings (SSSR count). The minimum absolute atomic E-state index is 0.0824. The minimum Gasteiger partial charge on any atom is -0.396 e. The van der Waals surface area contributed by atoms with Gasteiger partial charge in [0.05, 0.1) is 0 Å². The molecule has 0 atom stereocenters. The lowest BCUT2D eigenvalue weighted by Gasteiger charge is -2.19. The van der Waals surface area contributed by atoms with Gasteiger partial charge in [0.1, 0.15) is 6.29 Å². The molecule has 0 spiro atoms. The summed E-state index contributed by atoms with van der Waals surface area (Å²) in [5, 5.41) is 8.70. The summed E-state index contributed by atoms with van der Waals surface area (Å²) in [6.07, 6.45) is 2.21. The van der Waals surface area contributed by atoms with Crippen molar-refractivity contribution >= 4 is 6.29 Å². The van der Waals surface area contributed by atoms with Crippen LogP contribution in [0.4, 0.5) is 0 Å². The van der Waals surface area contributed by atoms with Gasteiger partial charge >= 0.3 is 0 Å². The molecule has 0 unspecified atom stereocenters. The largest absolute Gasteiger partial charge is 0.396 e. The molecule has 0 heterocycles. The highest BCUT2D eigenvalue weighted by atomic mass is 16.3. The Morgan fingerprint density at radius 2 is 2.11 bits per heavy atom. The van der Waals surface area contributed by atoms with Gasteiger partial charge in [-0.3, -0.25) is 0 Å². The Bertz CT molecular complexity index is 86.9. The molecule has 1 N–H and O–H groups in total. The Balaban J connectivity index is 3.44. The van der Waals surface area contributed by atoms with Crippen molar-refractivity contribution in [2.75, 3.05) is 6.61 Å². The smallest absolute Gasteiger partial charge is 0.120 e. The van der Waals surface area contributed by atoms with Gasteiger partial charge in [-0.05, 0) is 11.8 Å². The van der Waals surface area contributed by atoms with E-state index in [-0.39, 0.29) is 12.0 Å². The summed E-state index contributed by atoms with van der Waals surface area (Å²) in [6.45, 7) is 4.04. The van der Waals surface area contributed by atoms with Crippen molar-refractivity contribution in [2.45, 2.75) is 26.7 Å². The standard InChI is InChI=1S/C7H14O2/c1-7(2,6-9)4-3-5-8/h5,9H,3-4,6H2,1-2H3. The fourth-order valence-electron chi connectivity index (χ4n) is 0.529. The van der Waals surface area contributed by atoms with Crippen molar-refractivity contribution < 1.29 is 9.90 Å². The van der Waals surface area contributed by atoms with E-state index in [1.54, 1.807) is 0 Å². The molecule has 0 aromatic rings. The Morgan fingerprint density at radius 3 is 2.44 bits per heavy atom. The Morgan fingerprint density at radius 1 is 1.56 bits per heavy atom. The van der Waals surface area contributed by atoms with E-state index in [2.05, 4.69) is 0 Å². The average molecular weight is 130 g/mol. The number of carbonyl (C=O) groups is 1. The van der Waals surface area contributed by atoms with Crippen molar-refractivity contribution in [3.8, 4) is 0 Å². The lowest BCUT2D eigenvalue weighted by atomic mass is 9.89. The fraction of sp³-hybridized carbons (Fsp3) is 0.857. The van der Waals surface area contributed by atoms with Crippen LogP contribution in [0.2, 0.25) is 0 Å². The van der Waals surface area contributed by atoms with Crippen molar-refractivity contribution in [1.82, 2.24) is 0 Å². The van der Waals surface area contributed by atoms with E-state index in [1.807, 2.05) is 13.8 Å². The normalized spacial score (nSPS) is 11.4. The number of hydrogen-bond acceptors (Lipinski definition) is 2. The Labute approximate surface area is 55.9 Å². The summed E-state index contributed by atoms with van der Waals surface area (Å²) < 4.78 is 0. The molecule has 0 fully saturated rings. The number of hydrogen-bond donors (Lipinski definition) is 1. The molecule has 0 saturated heterocycles. The predicted molar refractivity (Wildman–Crippen MR) is 36.2 cm³/mol. The highest BCUT2D eigenvalue weighted by Crippen LogP contribution is 2.19. The molecule has 0 aliphatic heterocycles. The molecule has 9 heavy (non-hydrogen) atoms. The molecular weight excluding hydrogens is 116 g/mol. The molecule has 0 aromatic carbocycles. The van der Waals surface area contributed by atoms with Crippen molar-refractivity contribution in [2.24, 2.45) is 5.41 Å². The van der Waals surface area contributed by atoms with Gasteiger partial charge < -0.3 is 9.90 Å². The molecule has 0 bridgehead atoms. The highest BCUT2D eigenvalue weighted by Gasteiger charge is 2.14. The first-order chi connectivity index (χ1) is 4.12. The van der Waals surface area contributed by atoms with Gasteiger partial charge in [-0.1, -0.05) is 13.8 Å². The molecule has 2 heteroatoms. The van der Waals surface area contributed by atoms with E-state index < -0.39 is 0 Å².